The summed E-state index contributed by atoms with van der Waals surface area (Å²) in [4.78, 5) is 19.5. The maximum absolute atomic E-state index is 6.74. The average Bonchev–Trinajstić information content (AvgIpc) is 3.82. The standard InChI is InChI=1S/C46H33N5O/c1-46(2)36-19-11-9-15-30(36)31-22-21-29(25-37(31)46)45(50-44(47-3)28-13-5-4-6-14-28)49-27-51-38-23-24-48-26-35(38)40-32-16-7-8-17-33(32)41-34-18-10-12-20-39(34)52-43(41)42(40)51/h4-26H,3,27H2,1-2H3/b49-45-,50-44-. The fourth-order valence-electron chi connectivity index (χ4n) is 8.30. The topological polar surface area (TPSA) is 68.0 Å². The Hall–Kier alpha value is -6.66. The smallest absolute Gasteiger partial charge is 0.161 e. The largest absolute Gasteiger partial charge is 0.454 e. The Kier molecular flexibility index (Phi) is 6.64. The fourth-order valence-corrected chi connectivity index (χ4v) is 8.30. The average molecular weight is 672 g/mol. The van der Waals surface area contributed by atoms with Gasteiger partial charge in [0, 0.05) is 50.5 Å². The van der Waals surface area contributed by atoms with Crippen LogP contribution in [0.25, 0.3) is 65.6 Å². The van der Waals surface area contributed by atoms with Crippen LogP contribution < -0.4 is 0 Å². The number of benzene rings is 6. The van der Waals surface area contributed by atoms with Gasteiger partial charge in [0.2, 0.25) is 0 Å². The fraction of sp³-hybridized carbons (Fsp3) is 0.0870. The molecule has 0 atom stereocenters. The molecule has 0 saturated carbocycles. The second-order valence-electron chi connectivity index (χ2n) is 13.9. The predicted octanol–water partition coefficient (Wildman–Crippen LogP) is 11.1. The molecule has 6 aromatic carbocycles. The van der Waals surface area contributed by atoms with Gasteiger partial charge in [0.05, 0.1) is 11.0 Å². The zero-order chi connectivity index (χ0) is 35.0. The van der Waals surface area contributed by atoms with Gasteiger partial charge in [0.1, 0.15) is 12.3 Å². The number of furan rings is 1. The van der Waals surface area contributed by atoms with Crippen LogP contribution in [-0.2, 0) is 12.1 Å². The van der Waals surface area contributed by atoms with E-state index in [4.69, 9.17) is 14.4 Å². The van der Waals surface area contributed by atoms with Crippen molar-refractivity contribution >= 4 is 72.9 Å². The van der Waals surface area contributed by atoms with Crippen LogP contribution in [0.2, 0.25) is 0 Å². The van der Waals surface area contributed by atoms with E-state index in [1.54, 1.807) is 0 Å². The van der Waals surface area contributed by atoms with Gasteiger partial charge >= 0.3 is 0 Å². The molecular weight excluding hydrogens is 639 g/mol. The van der Waals surface area contributed by atoms with E-state index >= 15 is 0 Å². The van der Waals surface area contributed by atoms with Crippen molar-refractivity contribution in [1.82, 2.24) is 9.55 Å². The molecule has 0 N–H and O–H groups in total. The first kappa shape index (κ1) is 30.2. The molecule has 0 amide bonds. The summed E-state index contributed by atoms with van der Waals surface area (Å²) in [5.41, 5.74) is 10.4. The first-order valence-corrected chi connectivity index (χ1v) is 17.5. The Labute approximate surface area is 300 Å². The van der Waals surface area contributed by atoms with E-state index in [0.717, 1.165) is 65.6 Å². The summed E-state index contributed by atoms with van der Waals surface area (Å²) in [6.45, 7) is 8.77. The number of hydrogen-bond acceptors (Lipinski definition) is 3. The second kappa shape index (κ2) is 11.4. The minimum Gasteiger partial charge on any atom is -0.454 e. The lowest BCUT2D eigenvalue weighted by atomic mass is 9.82. The maximum atomic E-state index is 6.74. The van der Waals surface area contributed by atoms with Crippen LogP contribution >= 0.6 is 0 Å². The minimum absolute atomic E-state index is 0.177. The van der Waals surface area contributed by atoms with Crippen LogP contribution in [0, 0.1) is 0 Å². The van der Waals surface area contributed by atoms with Crippen LogP contribution in [0.15, 0.2) is 159 Å². The van der Waals surface area contributed by atoms with Crippen LogP contribution in [-0.4, -0.2) is 27.9 Å². The Morgan fingerprint density at radius 2 is 1.40 bits per heavy atom. The Morgan fingerprint density at radius 1 is 0.692 bits per heavy atom. The van der Waals surface area contributed by atoms with Crippen LogP contribution in [0.1, 0.15) is 36.1 Å². The van der Waals surface area contributed by atoms with Gasteiger partial charge in [0.15, 0.2) is 17.3 Å². The number of aromatic nitrogens is 2. The van der Waals surface area contributed by atoms with E-state index in [1.807, 2.05) is 54.9 Å². The zero-order valence-corrected chi connectivity index (χ0v) is 28.8. The highest BCUT2D eigenvalue weighted by Crippen LogP contribution is 2.49. The molecule has 6 heteroatoms. The minimum atomic E-state index is -0.177. The summed E-state index contributed by atoms with van der Waals surface area (Å²) < 4.78 is 8.98. The molecule has 248 valence electrons. The maximum Gasteiger partial charge on any atom is 0.161 e. The second-order valence-corrected chi connectivity index (χ2v) is 13.9. The molecule has 0 unspecified atom stereocenters. The summed E-state index contributed by atoms with van der Waals surface area (Å²) in [7, 11) is 0. The Morgan fingerprint density at radius 3 is 2.23 bits per heavy atom. The molecule has 1 aliphatic rings. The normalized spacial score (nSPS) is 14.1. The molecule has 0 radical (unpaired) electrons. The molecule has 0 spiro atoms. The van der Waals surface area contributed by atoms with E-state index in [-0.39, 0.29) is 12.1 Å². The lowest BCUT2D eigenvalue weighted by Gasteiger charge is -2.22. The first-order valence-electron chi connectivity index (χ1n) is 17.5. The summed E-state index contributed by atoms with van der Waals surface area (Å²) in [5.74, 6) is 1.09. The van der Waals surface area contributed by atoms with Crippen molar-refractivity contribution in [3.05, 3.63) is 162 Å². The van der Waals surface area contributed by atoms with Gasteiger partial charge in [-0.1, -0.05) is 123 Å². The van der Waals surface area contributed by atoms with Crippen molar-refractivity contribution in [2.75, 3.05) is 0 Å². The zero-order valence-electron chi connectivity index (χ0n) is 28.8. The number of aliphatic imine (C=N–C) groups is 3. The van der Waals surface area contributed by atoms with E-state index in [0.29, 0.717) is 11.7 Å². The highest BCUT2D eigenvalue weighted by molar-refractivity contribution is 6.34. The third kappa shape index (κ3) is 4.37. The molecular formula is C46H33N5O. The van der Waals surface area contributed by atoms with Crippen molar-refractivity contribution in [2.45, 2.75) is 25.9 Å². The molecule has 52 heavy (non-hydrogen) atoms. The molecule has 10 rings (SSSR count). The van der Waals surface area contributed by atoms with E-state index in [9.17, 15) is 0 Å². The SMILES string of the molecule is C=N/C(=N\C(=N/Cn1c2ccncc2c2c3ccccc3c3c4ccccc4oc3c21)c1ccc2c(c1)C(C)(C)c1ccccc1-2)c1ccccc1. The van der Waals surface area contributed by atoms with E-state index < -0.39 is 0 Å². The highest BCUT2D eigenvalue weighted by atomic mass is 16.3. The summed E-state index contributed by atoms with van der Waals surface area (Å²) in [6.07, 6.45) is 3.79. The number of para-hydroxylation sites is 1. The number of nitrogens with zero attached hydrogens (tertiary/aromatic N) is 5. The number of rotatable bonds is 4. The lowest BCUT2D eigenvalue weighted by Crippen LogP contribution is -2.16. The van der Waals surface area contributed by atoms with Crippen molar-refractivity contribution < 1.29 is 4.42 Å². The Bertz CT molecular complexity index is 2980. The number of fused-ring (bicyclic) bond motifs is 13. The summed E-state index contributed by atoms with van der Waals surface area (Å²) in [5, 5.41) is 6.63. The molecule has 0 fully saturated rings. The van der Waals surface area contributed by atoms with Gasteiger partial charge in [-0.15, -0.1) is 0 Å². The molecule has 0 saturated heterocycles. The number of hydrogen-bond donors (Lipinski definition) is 0. The van der Waals surface area contributed by atoms with Crippen LogP contribution in [0.3, 0.4) is 0 Å². The summed E-state index contributed by atoms with van der Waals surface area (Å²) in [6, 6.07) is 44.1. The van der Waals surface area contributed by atoms with Crippen molar-refractivity contribution in [2.24, 2.45) is 15.0 Å². The first-order chi connectivity index (χ1) is 25.5. The van der Waals surface area contributed by atoms with E-state index in [1.165, 1.54) is 22.3 Å². The van der Waals surface area contributed by atoms with Crippen molar-refractivity contribution in [3.8, 4) is 11.1 Å². The van der Waals surface area contributed by atoms with Crippen LogP contribution in [0.4, 0.5) is 0 Å². The molecule has 0 bridgehead atoms. The van der Waals surface area contributed by atoms with Gasteiger partial charge in [-0.2, -0.15) is 0 Å². The van der Waals surface area contributed by atoms with Gasteiger partial charge in [-0.25, -0.2) is 15.0 Å². The van der Waals surface area contributed by atoms with Crippen LogP contribution in [0.5, 0.6) is 0 Å². The third-order valence-electron chi connectivity index (χ3n) is 10.7. The summed E-state index contributed by atoms with van der Waals surface area (Å²) >= 11 is 0. The molecule has 9 aromatic rings. The van der Waals surface area contributed by atoms with Gasteiger partial charge < -0.3 is 8.98 Å². The Balaban J connectivity index is 1.24. The van der Waals surface area contributed by atoms with Gasteiger partial charge in [-0.3, -0.25) is 4.98 Å². The highest BCUT2D eigenvalue weighted by Gasteiger charge is 2.35. The number of pyridine rings is 1. The van der Waals surface area contributed by atoms with Crippen molar-refractivity contribution in [3.63, 3.8) is 0 Å². The molecule has 0 aliphatic heterocycles. The lowest BCUT2D eigenvalue weighted by molar-refractivity contribution is 0.660. The molecule has 3 heterocycles. The van der Waals surface area contributed by atoms with Gasteiger partial charge in [-0.05, 0) is 57.9 Å². The third-order valence-corrected chi connectivity index (χ3v) is 10.7. The quantitative estimate of drug-likeness (QED) is 0.138. The molecule has 3 aromatic heterocycles. The monoisotopic (exact) mass is 671 g/mol. The van der Waals surface area contributed by atoms with Crippen molar-refractivity contribution in [1.29, 1.82) is 0 Å². The molecule has 1 aliphatic carbocycles. The number of amidine groups is 2. The molecule has 6 nitrogen and oxygen atoms in total. The van der Waals surface area contributed by atoms with Gasteiger partial charge in [0.25, 0.3) is 0 Å². The predicted molar refractivity (Wildman–Crippen MR) is 215 cm³/mol. The van der Waals surface area contributed by atoms with E-state index in [2.05, 4.69) is 120 Å².